The molecule has 8 aromatic heterocycles. The highest BCUT2D eigenvalue weighted by Crippen LogP contribution is 2.47. The molecule has 0 spiro atoms. The Bertz CT molecular complexity index is 7530. The van der Waals surface area contributed by atoms with Crippen LogP contribution >= 0.6 is 11.3 Å². The summed E-state index contributed by atoms with van der Waals surface area (Å²) in [5, 5.41) is 13.8. The van der Waals surface area contributed by atoms with Crippen LogP contribution in [-0.4, -0.2) is 48.2 Å². The van der Waals surface area contributed by atoms with Crippen molar-refractivity contribution < 1.29 is 4.42 Å². The van der Waals surface area contributed by atoms with Crippen molar-refractivity contribution in [3.05, 3.63) is 340 Å². The van der Waals surface area contributed by atoms with Gasteiger partial charge in [0.1, 0.15) is 11.2 Å². The molecule has 23 aromatic rings. The van der Waals surface area contributed by atoms with E-state index in [0.717, 1.165) is 133 Å². The van der Waals surface area contributed by atoms with Crippen LogP contribution in [0.1, 0.15) is 0 Å². The number of hydrogen-bond donors (Lipinski definition) is 0. The fourth-order valence-electron chi connectivity index (χ4n) is 16.8. The van der Waals surface area contributed by atoms with E-state index in [2.05, 4.69) is 279 Å². The van der Waals surface area contributed by atoms with Crippen LogP contribution in [0.2, 0.25) is 0 Å². The Hall–Kier alpha value is -14.5. The summed E-state index contributed by atoms with van der Waals surface area (Å²) in [5.74, 6) is 3.47. The molecule has 12 heteroatoms. The van der Waals surface area contributed by atoms with Crippen LogP contribution < -0.4 is 0 Å². The molecule has 15 aromatic carbocycles. The molecule has 0 fully saturated rings. The molecule has 0 N–H and O–H groups in total. The third kappa shape index (κ3) is 9.27. The molecule has 0 saturated carbocycles. The Balaban J connectivity index is 0.661. The van der Waals surface area contributed by atoms with E-state index in [1.165, 1.54) is 52.8 Å². The predicted octanol–water partition coefficient (Wildman–Crippen LogP) is 24.7. The summed E-state index contributed by atoms with van der Waals surface area (Å²) >= 11 is 1.82. The molecule has 11 nitrogen and oxygen atoms in total. The van der Waals surface area contributed by atoms with Gasteiger partial charge in [-0.3, -0.25) is 4.57 Å². The average molecular weight is 1400 g/mol. The number of aromatic nitrogens is 10. The molecule has 0 bridgehead atoms. The van der Waals surface area contributed by atoms with Gasteiger partial charge < -0.3 is 18.1 Å². The third-order valence-electron chi connectivity index (χ3n) is 21.6. The van der Waals surface area contributed by atoms with Crippen molar-refractivity contribution in [2.24, 2.45) is 0 Å². The van der Waals surface area contributed by atoms with Crippen LogP contribution in [0.5, 0.6) is 0 Å². The molecular formula is C96H56N10OS. The molecule has 0 radical (unpaired) electrons. The highest BCUT2D eigenvalue weighted by Gasteiger charge is 2.25. The monoisotopic (exact) mass is 1400 g/mol. The summed E-state index contributed by atoms with van der Waals surface area (Å²) in [5.41, 5.74) is 19.9. The van der Waals surface area contributed by atoms with Crippen molar-refractivity contribution in [2.45, 2.75) is 0 Å². The van der Waals surface area contributed by atoms with Crippen molar-refractivity contribution in [3.8, 4) is 91.1 Å². The lowest BCUT2D eigenvalue weighted by Gasteiger charge is -2.13. The largest absolute Gasteiger partial charge is 0.456 e. The number of furan rings is 1. The van der Waals surface area contributed by atoms with E-state index in [1.54, 1.807) is 0 Å². The SMILES string of the molecule is c1ccc(-c2nc(-c3ccccc3)nc(-c3cccc(-n4c5cc(-n6c7ccccc7c7ccccc76)ccc5c5c6c(ccc54)oc4cc(-c5cccc(-c7nc(-c8ccccc8)nc(-n8c9ccccc9c9cc%10c(cc98)sc8cc(-n9c%11ccccc%11c%11ccccc%119)ccc8%10)n7)c5)ccc46)c3)n2)cc1. The van der Waals surface area contributed by atoms with Gasteiger partial charge >= 0.3 is 0 Å². The lowest BCUT2D eigenvalue weighted by Crippen LogP contribution is -2.06. The van der Waals surface area contributed by atoms with Gasteiger partial charge in [-0.25, -0.2) is 19.9 Å². The van der Waals surface area contributed by atoms with Crippen LogP contribution in [-0.2, 0) is 0 Å². The second-order valence-electron chi connectivity index (χ2n) is 27.7. The molecule has 0 unspecified atom stereocenters. The molecule has 0 aliphatic heterocycles. The van der Waals surface area contributed by atoms with Crippen LogP contribution in [0.4, 0.5) is 0 Å². The quantitative estimate of drug-likeness (QED) is 0.134. The number of thiophene rings is 1. The van der Waals surface area contributed by atoms with Crippen LogP contribution in [0.15, 0.2) is 344 Å². The standard InChI is InChI=1S/C96H56N10OS/c1-4-22-57(23-5-1)91-97-92(58-24-6-2-7-25-58)99-94(98-91)63-30-21-31-64(51-63)105-82-48-49-85-90(89(82)73-47-44-65(53-83(73)105)103-77-37-15-10-32-67(77)68-33-11-16-38-78(68)103)74-45-42-61(52-86(74)107-85)60-28-20-29-62(50-60)95-100-93(59-26-8-3-9-27-59)101-96(102-95)106-81-41-19-14-36-71(81)75-55-76-72-46-43-66(54-87(72)108-88(76)56-84(75)106)104-79-39-17-12-34-69(79)70-35-13-18-40-80(70)104/h1-56H. The molecule has 0 saturated heterocycles. The number of hydrogen-bond acceptors (Lipinski definition) is 8. The van der Waals surface area contributed by atoms with Crippen molar-refractivity contribution in [3.63, 3.8) is 0 Å². The number of para-hydroxylation sites is 5. The Morgan fingerprint density at radius 1 is 0.204 bits per heavy atom. The van der Waals surface area contributed by atoms with Crippen molar-refractivity contribution in [1.82, 2.24) is 48.2 Å². The van der Waals surface area contributed by atoms with Gasteiger partial charge in [0.05, 0.1) is 44.1 Å². The van der Waals surface area contributed by atoms with Gasteiger partial charge in [-0.2, -0.15) is 9.97 Å². The smallest absolute Gasteiger partial charge is 0.238 e. The van der Waals surface area contributed by atoms with E-state index >= 15 is 0 Å². The molecule has 108 heavy (non-hydrogen) atoms. The minimum absolute atomic E-state index is 0.536. The highest BCUT2D eigenvalue weighted by atomic mass is 32.1. The Morgan fingerprint density at radius 2 is 0.620 bits per heavy atom. The first-order chi connectivity index (χ1) is 53.5. The maximum atomic E-state index is 7.07. The summed E-state index contributed by atoms with van der Waals surface area (Å²) in [6.07, 6.45) is 0. The maximum absolute atomic E-state index is 7.07. The van der Waals surface area contributed by atoms with Gasteiger partial charge in [-0.05, 0) is 120 Å². The first-order valence-corrected chi connectivity index (χ1v) is 37.0. The first kappa shape index (κ1) is 60.0. The molecule has 0 aliphatic carbocycles. The third-order valence-corrected chi connectivity index (χ3v) is 22.8. The Morgan fingerprint density at radius 3 is 1.21 bits per heavy atom. The van der Waals surface area contributed by atoms with Gasteiger partial charge in [-0.1, -0.05) is 231 Å². The van der Waals surface area contributed by atoms with E-state index in [1.807, 2.05) is 90.2 Å². The van der Waals surface area contributed by atoms with Crippen LogP contribution in [0.25, 0.3) is 220 Å². The van der Waals surface area contributed by atoms with Gasteiger partial charge in [0, 0.05) is 119 Å². The van der Waals surface area contributed by atoms with E-state index in [4.69, 9.17) is 34.3 Å². The lowest BCUT2D eigenvalue weighted by molar-refractivity contribution is 0.669. The van der Waals surface area contributed by atoms with Crippen LogP contribution in [0.3, 0.4) is 0 Å². The number of rotatable bonds is 10. The Kier molecular flexibility index (Phi) is 13.1. The predicted molar refractivity (Wildman–Crippen MR) is 443 cm³/mol. The molecule has 8 heterocycles. The molecule has 0 aliphatic rings. The number of nitrogens with zero attached hydrogens (tertiary/aromatic N) is 10. The van der Waals surface area contributed by atoms with Crippen molar-refractivity contribution in [2.75, 3.05) is 0 Å². The molecule has 23 rings (SSSR count). The van der Waals surface area contributed by atoms with Gasteiger partial charge in [0.15, 0.2) is 29.1 Å². The molecule has 0 amide bonds. The van der Waals surface area contributed by atoms with Gasteiger partial charge in [-0.15, -0.1) is 11.3 Å². The molecular weight excluding hydrogens is 1340 g/mol. The van der Waals surface area contributed by atoms with E-state index in [-0.39, 0.29) is 0 Å². The minimum atomic E-state index is 0.536. The van der Waals surface area contributed by atoms with Gasteiger partial charge in [0.2, 0.25) is 5.95 Å². The fraction of sp³-hybridized carbons (Fsp3) is 0. The molecule has 502 valence electrons. The summed E-state index contributed by atoms with van der Waals surface area (Å²) in [6.45, 7) is 0. The fourth-order valence-corrected chi connectivity index (χ4v) is 18.0. The zero-order valence-corrected chi connectivity index (χ0v) is 58.4. The van der Waals surface area contributed by atoms with Gasteiger partial charge in [0.25, 0.3) is 0 Å². The highest BCUT2D eigenvalue weighted by molar-refractivity contribution is 7.26. The molecule has 0 atom stereocenters. The Labute approximate surface area is 620 Å². The van der Waals surface area contributed by atoms with Crippen LogP contribution in [0, 0.1) is 0 Å². The van der Waals surface area contributed by atoms with E-state index in [0.29, 0.717) is 35.1 Å². The average Bonchev–Trinajstić information content (AvgIpc) is 1.56. The van der Waals surface area contributed by atoms with Crippen molar-refractivity contribution in [1.29, 1.82) is 0 Å². The maximum Gasteiger partial charge on any atom is 0.238 e. The number of fused-ring (bicyclic) bond motifs is 19. The van der Waals surface area contributed by atoms with E-state index in [9.17, 15) is 0 Å². The normalized spacial score (nSPS) is 12.1. The first-order valence-electron chi connectivity index (χ1n) is 36.2. The summed E-state index contributed by atoms with van der Waals surface area (Å²) < 4.78 is 18.9. The number of benzene rings is 15. The zero-order valence-electron chi connectivity index (χ0n) is 57.6. The summed E-state index contributed by atoms with van der Waals surface area (Å²) in [4.78, 5) is 31.6. The second-order valence-corrected chi connectivity index (χ2v) is 28.8. The minimum Gasteiger partial charge on any atom is -0.456 e. The topological polar surface area (TPSA) is 110 Å². The van der Waals surface area contributed by atoms with Crippen molar-refractivity contribution >= 4 is 141 Å². The lowest BCUT2D eigenvalue weighted by atomic mass is 10.00. The zero-order chi connectivity index (χ0) is 70.7. The summed E-state index contributed by atoms with van der Waals surface area (Å²) in [7, 11) is 0. The van der Waals surface area contributed by atoms with E-state index < -0.39 is 0 Å². The summed E-state index contributed by atoms with van der Waals surface area (Å²) in [6, 6.07) is 120. The second kappa shape index (κ2) is 23.5.